The van der Waals surface area contributed by atoms with E-state index in [1.807, 2.05) is 13.2 Å². The van der Waals surface area contributed by atoms with Crippen molar-refractivity contribution < 1.29 is 12.8 Å². The van der Waals surface area contributed by atoms with Crippen LogP contribution in [0.2, 0.25) is 0 Å². The van der Waals surface area contributed by atoms with Crippen LogP contribution < -0.4 is 4.72 Å². The van der Waals surface area contributed by atoms with Crippen LogP contribution >= 0.6 is 27.7 Å². The Hall–Kier alpha value is -0.110. The first-order chi connectivity index (χ1) is 8.36. The molecule has 18 heavy (non-hydrogen) atoms. The summed E-state index contributed by atoms with van der Waals surface area (Å²) in [5.41, 5.74) is 0. The molecule has 0 aliphatic heterocycles. The van der Waals surface area contributed by atoms with Crippen molar-refractivity contribution in [3.05, 3.63) is 28.5 Å². The van der Waals surface area contributed by atoms with Crippen molar-refractivity contribution in [2.45, 2.75) is 11.8 Å². The number of sulfonamides is 1. The van der Waals surface area contributed by atoms with Gasteiger partial charge in [-0.3, -0.25) is 0 Å². The summed E-state index contributed by atoms with van der Waals surface area (Å²) in [5.74, 6) is 0.651. The van der Waals surface area contributed by atoms with Crippen LogP contribution in [0.5, 0.6) is 0 Å². The van der Waals surface area contributed by atoms with E-state index >= 15 is 0 Å². The van der Waals surface area contributed by atoms with Gasteiger partial charge < -0.3 is 0 Å². The zero-order valence-corrected chi connectivity index (χ0v) is 13.3. The predicted molar refractivity (Wildman–Crippen MR) is 76.8 cm³/mol. The van der Waals surface area contributed by atoms with Gasteiger partial charge in [0.15, 0.2) is 0 Å². The highest BCUT2D eigenvalue weighted by molar-refractivity contribution is 9.10. The molecule has 0 radical (unpaired) electrons. The van der Waals surface area contributed by atoms with E-state index in [9.17, 15) is 12.8 Å². The number of rotatable bonds is 6. The van der Waals surface area contributed by atoms with E-state index in [2.05, 4.69) is 20.7 Å². The Morgan fingerprint density at radius 2 is 2.17 bits per heavy atom. The third-order valence-corrected chi connectivity index (χ3v) is 5.56. The number of halogens is 2. The second-order valence-corrected chi connectivity index (χ2v) is 7.49. The molecule has 1 atom stereocenters. The fourth-order valence-corrected chi connectivity index (χ4v) is 4.27. The van der Waals surface area contributed by atoms with Gasteiger partial charge in [-0.15, -0.1) is 0 Å². The van der Waals surface area contributed by atoms with Crippen LogP contribution in [0, 0.1) is 11.7 Å². The predicted octanol–water partition coefficient (Wildman–Crippen LogP) is 2.87. The topological polar surface area (TPSA) is 46.2 Å². The molecule has 102 valence electrons. The highest BCUT2D eigenvalue weighted by Gasteiger charge is 2.18. The monoisotopic (exact) mass is 355 g/mol. The molecule has 0 aliphatic rings. The molecule has 7 heteroatoms. The number of nitrogens with one attached hydrogen (secondary N) is 1. The fourth-order valence-electron chi connectivity index (χ4n) is 1.37. The largest absolute Gasteiger partial charge is 0.241 e. The molecule has 1 N–H and O–H groups in total. The number of benzene rings is 1. The smallest absolute Gasteiger partial charge is 0.211 e. The lowest BCUT2D eigenvalue weighted by Gasteiger charge is -2.12. The van der Waals surface area contributed by atoms with E-state index in [0.29, 0.717) is 6.54 Å². The van der Waals surface area contributed by atoms with Crippen molar-refractivity contribution >= 4 is 37.7 Å². The summed E-state index contributed by atoms with van der Waals surface area (Å²) in [7, 11) is -3.59. The van der Waals surface area contributed by atoms with Crippen LogP contribution in [0.25, 0.3) is 0 Å². The van der Waals surface area contributed by atoms with Gasteiger partial charge in [-0.25, -0.2) is 17.5 Å². The van der Waals surface area contributed by atoms with Gasteiger partial charge in [0.1, 0.15) is 5.82 Å². The third kappa shape index (κ3) is 4.53. The SMILES string of the molecule is CSCC(C)CNS(=O)(=O)c1ccc(F)cc1Br. The van der Waals surface area contributed by atoms with Crippen molar-refractivity contribution in [1.29, 1.82) is 0 Å². The second kappa shape index (κ2) is 6.88. The van der Waals surface area contributed by atoms with E-state index in [1.54, 1.807) is 11.8 Å². The molecular formula is C11H15BrFNO2S2. The van der Waals surface area contributed by atoms with Crippen LogP contribution in [0.4, 0.5) is 4.39 Å². The molecule has 0 fully saturated rings. The molecular weight excluding hydrogens is 341 g/mol. The molecule has 0 spiro atoms. The van der Waals surface area contributed by atoms with E-state index in [0.717, 1.165) is 17.9 Å². The Morgan fingerprint density at radius 3 is 2.72 bits per heavy atom. The zero-order valence-electron chi connectivity index (χ0n) is 10.1. The molecule has 0 aliphatic carbocycles. The summed E-state index contributed by atoms with van der Waals surface area (Å²) >= 11 is 4.72. The van der Waals surface area contributed by atoms with Gasteiger partial charge in [-0.1, -0.05) is 6.92 Å². The third-order valence-electron chi connectivity index (χ3n) is 2.26. The van der Waals surface area contributed by atoms with Gasteiger partial charge >= 0.3 is 0 Å². The molecule has 1 aromatic carbocycles. The minimum Gasteiger partial charge on any atom is -0.211 e. The van der Waals surface area contributed by atoms with Crippen molar-refractivity contribution in [3.63, 3.8) is 0 Å². The minimum atomic E-state index is -3.59. The van der Waals surface area contributed by atoms with Crippen molar-refractivity contribution in [1.82, 2.24) is 4.72 Å². The van der Waals surface area contributed by atoms with Gasteiger partial charge in [0.2, 0.25) is 10.0 Å². The summed E-state index contributed by atoms with van der Waals surface area (Å²) in [6.07, 6.45) is 1.97. The standard InChI is InChI=1S/C11H15BrFNO2S2/c1-8(7-17-2)6-14-18(15,16)11-4-3-9(13)5-10(11)12/h3-5,8,14H,6-7H2,1-2H3. The second-order valence-electron chi connectivity index (χ2n) is 3.99. The number of thioether (sulfide) groups is 1. The maximum absolute atomic E-state index is 12.9. The van der Waals surface area contributed by atoms with Crippen molar-refractivity contribution in [2.75, 3.05) is 18.6 Å². The average molecular weight is 356 g/mol. The maximum atomic E-state index is 12.9. The van der Waals surface area contributed by atoms with Crippen LogP contribution in [-0.4, -0.2) is 27.0 Å². The Balaban J connectivity index is 2.80. The van der Waals surface area contributed by atoms with Gasteiger partial charge in [-0.05, 0) is 52.1 Å². The van der Waals surface area contributed by atoms with E-state index in [1.165, 1.54) is 6.07 Å². The molecule has 0 aromatic heterocycles. The lowest BCUT2D eigenvalue weighted by atomic mass is 10.2. The van der Waals surface area contributed by atoms with Gasteiger partial charge in [0.05, 0.1) is 4.90 Å². The molecule has 1 rings (SSSR count). The Morgan fingerprint density at radius 1 is 1.50 bits per heavy atom. The van der Waals surface area contributed by atoms with Crippen LogP contribution in [0.15, 0.2) is 27.6 Å². The quantitative estimate of drug-likeness (QED) is 0.853. The maximum Gasteiger partial charge on any atom is 0.241 e. The molecule has 1 aromatic rings. The zero-order chi connectivity index (χ0) is 13.8. The minimum absolute atomic E-state index is 0.0558. The molecule has 0 saturated carbocycles. The lowest BCUT2D eigenvalue weighted by molar-refractivity contribution is 0.561. The molecule has 0 saturated heterocycles. The van der Waals surface area contributed by atoms with E-state index < -0.39 is 15.8 Å². The molecule has 3 nitrogen and oxygen atoms in total. The van der Waals surface area contributed by atoms with Gasteiger partial charge in [0, 0.05) is 11.0 Å². The highest BCUT2D eigenvalue weighted by Crippen LogP contribution is 2.22. The van der Waals surface area contributed by atoms with Crippen molar-refractivity contribution in [2.24, 2.45) is 5.92 Å². The van der Waals surface area contributed by atoms with Crippen LogP contribution in [0.3, 0.4) is 0 Å². The molecule has 0 amide bonds. The first kappa shape index (κ1) is 15.9. The summed E-state index contributed by atoms with van der Waals surface area (Å²) < 4.78 is 39.7. The molecule has 1 unspecified atom stereocenters. The fraction of sp³-hybridized carbons (Fsp3) is 0.455. The summed E-state index contributed by atoms with van der Waals surface area (Å²) in [4.78, 5) is 0.0558. The Bertz CT molecular complexity index is 508. The van der Waals surface area contributed by atoms with E-state index in [-0.39, 0.29) is 15.3 Å². The Kier molecular flexibility index (Phi) is 6.10. The van der Waals surface area contributed by atoms with Crippen LogP contribution in [-0.2, 0) is 10.0 Å². The summed E-state index contributed by atoms with van der Waals surface area (Å²) in [6.45, 7) is 2.34. The van der Waals surface area contributed by atoms with E-state index in [4.69, 9.17) is 0 Å². The average Bonchev–Trinajstić information content (AvgIpc) is 2.26. The van der Waals surface area contributed by atoms with Gasteiger partial charge in [-0.2, -0.15) is 11.8 Å². The Labute approximate surface area is 120 Å². The normalized spacial score (nSPS) is 13.6. The summed E-state index contributed by atoms with van der Waals surface area (Å²) in [5, 5.41) is 0. The van der Waals surface area contributed by atoms with Crippen molar-refractivity contribution in [3.8, 4) is 0 Å². The van der Waals surface area contributed by atoms with Crippen LogP contribution in [0.1, 0.15) is 6.92 Å². The number of hydrogen-bond donors (Lipinski definition) is 1. The number of hydrogen-bond acceptors (Lipinski definition) is 3. The summed E-state index contributed by atoms with van der Waals surface area (Å²) in [6, 6.07) is 3.52. The first-order valence-electron chi connectivity index (χ1n) is 5.30. The van der Waals surface area contributed by atoms with Gasteiger partial charge in [0.25, 0.3) is 0 Å². The first-order valence-corrected chi connectivity index (χ1v) is 8.97. The molecule has 0 bridgehead atoms. The lowest BCUT2D eigenvalue weighted by Crippen LogP contribution is -2.29. The molecule has 0 heterocycles. The highest BCUT2D eigenvalue weighted by atomic mass is 79.9.